The summed E-state index contributed by atoms with van der Waals surface area (Å²) in [5.74, 6) is -0.554. The molecule has 1 N–H and O–H groups in total. The van der Waals surface area contributed by atoms with Crippen LogP contribution in [-0.2, 0) is 9.59 Å². The van der Waals surface area contributed by atoms with E-state index in [2.05, 4.69) is 0 Å². The minimum atomic E-state index is -0.792. The first-order valence-corrected chi connectivity index (χ1v) is 5.54. The molecule has 0 radical (unpaired) electrons. The van der Waals surface area contributed by atoms with Gasteiger partial charge in [-0.1, -0.05) is 19.1 Å². The molecule has 1 saturated carbocycles. The van der Waals surface area contributed by atoms with Crippen molar-refractivity contribution in [2.24, 2.45) is 11.8 Å². The van der Waals surface area contributed by atoms with Crippen LogP contribution in [0.5, 0.6) is 0 Å². The molecule has 0 aromatic carbocycles. The summed E-state index contributed by atoms with van der Waals surface area (Å²) >= 11 is 0. The van der Waals surface area contributed by atoms with E-state index >= 15 is 0 Å². The largest absolute Gasteiger partial charge is 0.481 e. The van der Waals surface area contributed by atoms with E-state index in [1.165, 1.54) is 0 Å². The Hall–Kier alpha value is -1.12. The molecule has 0 saturated heterocycles. The lowest BCUT2D eigenvalue weighted by molar-refractivity contribution is -0.138. The Balaban J connectivity index is 2.52. The molecule has 0 heterocycles. The lowest BCUT2D eigenvalue weighted by atomic mass is 9.89. The smallest absolute Gasteiger partial charge is 0.303 e. The highest BCUT2D eigenvalue weighted by Crippen LogP contribution is 2.33. The molecular formula is C12H18O3. The van der Waals surface area contributed by atoms with Gasteiger partial charge in [-0.15, -0.1) is 0 Å². The van der Waals surface area contributed by atoms with Crippen LogP contribution in [0.15, 0.2) is 12.2 Å². The topological polar surface area (TPSA) is 54.4 Å². The van der Waals surface area contributed by atoms with Crippen LogP contribution < -0.4 is 0 Å². The Labute approximate surface area is 90.2 Å². The quantitative estimate of drug-likeness (QED) is 0.709. The van der Waals surface area contributed by atoms with E-state index in [4.69, 9.17) is 5.11 Å². The lowest BCUT2D eigenvalue weighted by Crippen LogP contribution is -2.17. The van der Waals surface area contributed by atoms with Crippen molar-refractivity contribution in [1.29, 1.82) is 0 Å². The fourth-order valence-corrected chi connectivity index (χ4v) is 2.18. The van der Waals surface area contributed by atoms with Gasteiger partial charge >= 0.3 is 5.97 Å². The van der Waals surface area contributed by atoms with E-state index in [1.54, 1.807) is 0 Å². The van der Waals surface area contributed by atoms with E-state index in [0.29, 0.717) is 12.8 Å². The normalized spacial score (nSPS) is 26.3. The summed E-state index contributed by atoms with van der Waals surface area (Å²) in [6, 6.07) is 0. The van der Waals surface area contributed by atoms with Crippen LogP contribution in [0, 0.1) is 11.8 Å². The number of allylic oxidation sites excluding steroid dienone is 2. The van der Waals surface area contributed by atoms with Crippen molar-refractivity contribution in [2.45, 2.75) is 39.0 Å². The predicted molar refractivity (Wildman–Crippen MR) is 57.5 cm³/mol. The molecule has 1 fully saturated rings. The Bertz CT molecular complexity index is 268. The first-order chi connectivity index (χ1) is 7.15. The highest BCUT2D eigenvalue weighted by molar-refractivity contribution is 5.84. The lowest BCUT2D eigenvalue weighted by Gasteiger charge is -2.14. The van der Waals surface area contributed by atoms with Gasteiger partial charge in [0, 0.05) is 18.8 Å². The number of carbonyl (C=O) groups excluding carboxylic acids is 1. The molecule has 0 amide bonds. The zero-order chi connectivity index (χ0) is 11.3. The molecule has 0 aromatic heterocycles. The van der Waals surface area contributed by atoms with Gasteiger partial charge in [0.15, 0.2) is 0 Å². The number of carboxylic acid groups (broad SMARTS) is 1. The Morgan fingerprint density at radius 1 is 1.53 bits per heavy atom. The van der Waals surface area contributed by atoms with E-state index < -0.39 is 5.97 Å². The average molecular weight is 210 g/mol. The highest BCUT2D eigenvalue weighted by Gasteiger charge is 2.34. The number of hydrogen-bond acceptors (Lipinski definition) is 2. The SMILES string of the molecule is CC/C=C\CC1C(=O)CC[C@@H]1CC(=O)O. The average Bonchev–Trinajstić information content (AvgIpc) is 2.49. The number of ketones is 1. The second kappa shape index (κ2) is 5.69. The summed E-state index contributed by atoms with van der Waals surface area (Å²) in [4.78, 5) is 22.1. The number of rotatable bonds is 5. The number of hydrogen-bond donors (Lipinski definition) is 1. The fourth-order valence-electron chi connectivity index (χ4n) is 2.18. The Morgan fingerprint density at radius 3 is 2.87 bits per heavy atom. The van der Waals surface area contributed by atoms with Crippen molar-refractivity contribution >= 4 is 11.8 Å². The molecule has 3 nitrogen and oxygen atoms in total. The molecule has 1 rings (SSSR count). The summed E-state index contributed by atoms with van der Waals surface area (Å²) in [6.45, 7) is 2.04. The van der Waals surface area contributed by atoms with Crippen LogP contribution in [0.1, 0.15) is 39.0 Å². The van der Waals surface area contributed by atoms with Gasteiger partial charge in [0.1, 0.15) is 5.78 Å². The molecular weight excluding hydrogens is 192 g/mol. The van der Waals surface area contributed by atoms with Gasteiger partial charge in [0.05, 0.1) is 0 Å². The number of Topliss-reactive ketones (excluding diaryl/α,β-unsaturated/α-hetero) is 1. The van der Waals surface area contributed by atoms with E-state index in [1.807, 2.05) is 19.1 Å². The number of carbonyl (C=O) groups is 2. The van der Waals surface area contributed by atoms with Crippen LogP contribution in [0.2, 0.25) is 0 Å². The summed E-state index contributed by atoms with van der Waals surface area (Å²) in [5.41, 5.74) is 0. The monoisotopic (exact) mass is 210 g/mol. The summed E-state index contributed by atoms with van der Waals surface area (Å²) in [7, 11) is 0. The molecule has 0 aliphatic heterocycles. The van der Waals surface area contributed by atoms with Crippen molar-refractivity contribution in [2.75, 3.05) is 0 Å². The molecule has 3 heteroatoms. The minimum absolute atomic E-state index is 0.0519. The molecule has 0 aromatic rings. The van der Waals surface area contributed by atoms with E-state index in [-0.39, 0.29) is 24.0 Å². The predicted octanol–water partition coefficient (Wildman–Crippen LogP) is 2.41. The fraction of sp³-hybridized carbons (Fsp3) is 0.667. The summed E-state index contributed by atoms with van der Waals surface area (Å²) in [6.07, 6.45) is 7.15. The first kappa shape index (κ1) is 12.0. The second-order valence-electron chi connectivity index (χ2n) is 4.08. The molecule has 2 atom stereocenters. The molecule has 15 heavy (non-hydrogen) atoms. The van der Waals surface area contributed by atoms with E-state index in [0.717, 1.165) is 12.8 Å². The van der Waals surface area contributed by atoms with E-state index in [9.17, 15) is 9.59 Å². The Morgan fingerprint density at radius 2 is 2.27 bits per heavy atom. The van der Waals surface area contributed by atoms with Crippen LogP contribution in [-0.4, -0.2) is 16.9 Å². The van der Waals surface area contributed by atoms with Crippen molar-refractivity contribution in [3.8, 4) is 0 Å². The maximum absolute atomic E-state index is 11.5. The number of carboxylic acids is 1. The van der Waals surface area contributed by atoms with Crippen LogP contribution in [0.4, 0.5) is 0 Å². The standard InChI is InChI=1S/C12H18O3/c1-2-3-4-5-10-9(8-12(14)15)6-7-11(10)13/h3-4,9-10H,2,5-8H2,1H3,(H,14,15)/b4-3-/t9-,10?/m1/s1. The molecule has 84 valence electrons. The zero-order valence-electron chi connectivity index (χ0n) is 9.11. The van der Waals surface area contributed by atoms with Crippen LogP contribution in [0.3, 0.4) is 0 Å². The van der Waals surface area contributed by atoms with Crippen molar-refractivity contribution in [1.82, 2.24) is 0 Å². The van der Waals surface area contributed by atoms with Gasteiger partial charge in [0.25, 0.3) is 0 Å². The van der Waals surface area contributed by atoms with Gasteiger partial charge in [-0.2, -0.15) is 0 Å². The third kappa shape index (κ3) is 3.50. The van der Waals surface area contributed by atoms with Gasteiger partial charge < -0.3 is 5.11 Å². The second-order valence-corrected chi connectivity index (χ2v) is 4.08. The Kier molecular flexibility index (Phi) is 4.53. The maximum atomic E-state index is 11.5. The van der Waals surface area contributed by atoms with Crippen LogP contribution >= 0.6 is 0 Å². The molecule has 0 spiro atoms. The maximum Gasteiger partial charge on any atom is 0.303 e. The van der Waals surface area contributed by atoms with Crippen molar-refractivity contribution in [3.05, 3.63) is 12.2 Å². The molecule has 1 unspecified atom stereocenters. The van der Waals surface area contributed by atoms with Gasteiger partial charge in [-0.05, 0) is 25.2 Å². The van der Waals surface area contributed by atoms with Crippen molar-refractivity contribution < 1.29 is 14.7 Å². The molecule has 1 aliphatic rings. The zero-order valence-corrected chi connectivity index (χ0v) is 9.11. The third-order valence-corrected chi connectivity index (χ3v) is 2.97. The molecule has 0 bridgehead atoms. The number of aliphatic carboxylic acids is 1. The van der Waals surface area contributed by atoms with Crippen LogP contribution in [0.25, 0.3) is 0 Å². The van der Waals surface area contributed by atoms with Gasteiger partial charge in [-0.3, -0.25) is 9.59 Å². The van der Waals surface area contributed by atoms with Gasteiger partial charge in [0.2, 0.25) is 0 Å². The highest BCUT2D eigenvalue weighted by atomic mass is 16.4. The summed E-state index contributed by atoms with van der Waals surface area (Å²) in [5, 5.41) is 8.72. The minimum Gasteiger partial charge on any atom is -0.481 e. The van der Waals surface area contributed by atoms with Crippen molar-refractivity contribution in [3.63, 3.8) is 0 Å². The van der Waals surface area contributed by atoms with Gasteiger partial charge in [-0.25, -0.2) is 0 Å². The third-order valence-electron chi connectivity index (χ3n) is 2.97. The molecule has 1 aliphatic carbocycles. The summed E-state index contributed by atoms with van der Waals surface area (Å²) < 4.78 is 0. The first-order valence-electron chi connectivity index (χ1n) is 5.54.